The van der Waals surface area contributed by atoms with Crippen LogP contribution < -0.4 is 5.32 Å². The summed E-state index contributed by atoms with van der Waals surface area (Å²) in [5.74, 6) is 2.50. The van der Waals surface area contributed by atoms with E-state index in [1.807, 2.05) is 34.9 Å². The highest BCUT2D eigenvalue weighted by atomic mass is 35.5. The summed E-state index contributed by atoms with van der Waals surface area (Å²) in [5.41, 5.74) is 1.17. The van der Waals surface area contributed by atoms with Gasteiger partial charge in [0.15, 0.2) is 0 Å². The van der Waals surface area contributed by atoms with Crippen LogP contribution in [0.3, 0.4) is 0 Å². The van der Waals surface area contributed by atoms with Gasteiger partial charge >= 0.3 is 0 Å². The number of rotatable bonds is 4. The predicted molar refractivity (Wildman–Crippen MR) is 102 cm³/mol. The maximum atomic E-state index is 12.5. The molecule has 0 saturated carbocycles. The highest BCUT2D eigenvalue weighted by Gasteiger charge is 2.27. The van der Waals surface area contributed by atoms with Crippen molar-refractivity contribution < 1.29 is 4.79 Å². The van der Waals surface area contributed by atoms with Crippen LogP contribution in [0.2, 0.25) is 5.02 Å². The Balaban J connectivity index is 1.50. The molecule has 6 heteroatoms. The van der Waals surface area contributed by atoms with Crippen molar-refractivity contribution in [1.29, 1.82) is 0 Å². The molecule has 2 fully saturated rings. The molecule has 0 aromatic heterocycles. The van der Waals surface area contributed by atoms with Crippen LogP contribution in [0.25, 0.3) is 0 Å². The van der Waals surface area contributed by atoms with Crippen molar-refractivity contribution in [3.63, 3.8) is 0 Å². The molecule has 2 atom stereocenters. The van der Waals surface area contributed by atoms with Crippen molar-refractivity contribution in [2.24, 2.45) is 0 Å². The number of hydrogen-bond donors (Lipinski definition) is 1. The van der Waals surface area contributed by atoms with Crippen molar-refractivity contribution in [3.05, 3.63) is 34.9 Å². The minimum absolute atomic E-state index is 0.285. The lowest BCUT2D eigenvalue weighted by Crippen LogP contribution is -2.51. The standard InChI is InChI=1S/C18H26ClN3OS/c1-14(16-4-2-3-5-17(16)19)21-7-9-22(10-8-21)18(23)12-15-13-24-11-6-20-15/h2-5,14-15,20H,6-13H2,1H3. The molecule has 2 aliphatic rings. The first-order valence-electron chi connectivity index (χ1n) is 8.72. The van der Waals surface area contributed by atoms with Crippen molar-refractivity contribution in [1.82, 2.24) is 15.1 Å². The molecule has 0 radical (unpaired) electrons. The lowest BCUT2D eigenvalue weighted by Gasteiger charge is -2.39. The average molecular weight is 368 g/mol. The molecule has 2 aliphatic heterocycles. The van der Waals surface area contributed by atoms with Gasteiger partial charge in [-0.1, -0.05) is 29.8 Å². The van der Waals surface area contributed by atoms with Crippen LogP contribution in [0, 0.1) is 0 Å². The summed E-state index contributed by atoms with van der Waals surface area (Å²) >= 11 is 8.27. The van der Waals surface area contributed by atoms with E-state index < -0.39 is 0 Å². The number of nitrogens with one attached hydrogen (secondary N) is 1. The molecule has 0 aliphatic carbocycles. The molecule has 1 amide bonds. The number of thioether (sulfide) groups is 1. The van der Waals surface area contributed by atoms with Crippen molar-refractivity contribution >= 4 is 29.3 Å². The Hall–Kier alpha value is -0.750. The summed E-state index contributed by atoms with van der Waals surface area (Å²) in [5, 5.41) is 4.27. The van der Waals surface area contributed by atoms with Crippen LogP contribution in [0.4, 0.5) is 0 Å². The van der Waals surface area contributed by atoms with E-state index in [-0.39, 0.29) is 6.04 Å². The monoisotopic (exact) mass is 367 g/mol. The summed E-state index contributed by atoms with van der Waals surface area (Å²) in [6, 6.07) is 8.67. The van der Waals surface area contributed by atoms with Crippen LogP contribution in [-0.4, -0.2) is 66.0 Å². The molecule has 4 nitrogen and oxygen atoms in total. The van der Waals surface area contributed by atoms with Gasteiger partial charge in [0.1, 0.15) is 0 Å². The fraction of sp³-hybridized carbons (Fsp3) is 0.611. The fourth-order valence-electron chi connectivity index (χ4n) is 3.46. The van der Waals surface area contributed by atoms with E-state index in [2.05, 4.69) is 23.2 Å². The first-order valence-corrected chi connectivity index (χ1v) is 10.3. The van der Waals surface area contributed by atoms with Gasteiger partial charge in [-0.3, -0.25) is 9.69 Å². The Labute approximate surface area is 153 Å². The molecular weight excluding hydrogens is 342 g/mol. The van der Waals surface area contributed by atoms with Gasteiger partial charge in [0, 0.05) is 67.8 Å². The third-order valence-electron chi connectivity index (χ3n) is 4.99. The Morgan fingerprint density at radius 2 is 2.08 bits per heavy atom. The molecule has 0 spiro atoms. The third-order valence-corrected chi connectivity index (χ3v) is 6.46. The largest absolute Gasteiger partial charge is 0.340 e. The average Bonchev–Trinajstić information content (AvgIpc) is 2.62. The van der Waals surface area contributed by atoms with Crippen LogP contribution in [0.1, 0.15) is 24.9 Å². The highest BCUT2D eigenvalue weighted by Crippen LogP contribution is 2.27. The predicted octanol–water partition coefficient (Wildman–Crippen LogP) is 2.64. The molecule has 2 saturated heterocycles. The number of benzene rings is 1. The fourth-order valence-corrected chi connectivity index (χ4v) is 4.70. The van der Waals surface area contributed by atoms with E-state index in [9.17, 15) is 4.79 Å². The molecule has 132 valence electrons. The lowest BCUT2D eigenvalue weighted by molar-refractivity contribution is -0.133. The van der Waals surface area contributed by atoms with Gasteiger partial charge in [0.2, 0.25) is 5.91 Å². The number of halogens is 1. The van der Waals surface area contributed by atoms with Crippen LogP contribution in [-0.2, 0) is 4.79 Å². The van der Waals surface area contributed by atoms with Gasteiger partial charge in [-0.15, -0.1) is 0 Å². The van der Waals surface area contributed by atoms with E-state index in [1.165, 1.54) is 5.56 Å². The molecule has 24 heavy (non-hydrogen) atoms. The second kappa shape index (κ2) is 8.56. The Bertz CT molecular complexity index is 557. The topological polar surface area (TPSA) is 35.6 Å². The molecule has 1 aromatic rings. The minimum Gasteiger partial charge on any atom is -0.340 e. The summed E-state index contributed by atoms with van der Waals surface area (Å²) in [7, 11) is 0. The number of nitrogens with zero attached hydrogens (tertiary/aromatic N) is 2. The number of amides is 1. The van der Waals surface area contributed by atoms with E-state index in [0.717, 1.165) is 49.3 Å². The van der Waals surface area contributed by atoms with Crippen molar-refractivity contribution in [2.75, 3.05) is 44.2 Å². The molecule has 1 N–H and O–H groups in total. The van der Waals surface area contributed by atoms with Crippen molar-refractivity contribution in [3.8, 4) is 0 Å². The highest BCUT2D eigenvalue weighted by molar-refractivity contribution is 7.99. The van der Waals surface area contributed by atoms with Gasteiger partial charge < -0.3 is 10.2 Å². The second-order valence-corrected chi connectivity index (χ2v) is 8.10. The molecule has 2 heterocycles. The van der Waals surface area contributed by atoms with Crippen molar-refractivity contribution in [2.45, 2.75) is 25.4 Å². The maximum Gasteiger partial charge on any atom is 0.224 e. The maximum absolute atomic E-state index is 12.5. The Morgan fingerprint density at radius 1 is 1.33 bits per heavy atom. The number of piperazine rings is 1. The summed E-state index contributed by atoms with van der Waals surface area (Å²) in [6.07, 6.45) is 0.632. The summed E-state index contributed by atoms with van der Waals surface area (Å²) in [6.45, 7) is 6.66. The summed E-state index contributed by atoms with van der Waals surface area (Å²) in [4.78, 5) is 16.9. The normalized spacial score (nSPS) is 23.9. The van der Waals surface area contributed by atoms with Crippen LogP contribution >= 0.6 is 23.4 Å². The third kappa shape index (κ3) is 4.45. The second-order valence-electron chi connectivity index (χ2n) is 6.54. The minimum atomic E-state index is 0.285. The van der Waals surface area contributed by atoms with Crippen LogP contribution in [0.15, 0.2) is 24.3 Å². The first kappa shape index (κ1) is 18.1. The Morgan fingerprint density at radius 3 is 2.75 bits per heavy atom. The molecule has 2 unspecified atom stereocenters. The van der Waals surface area contributed by atoms with Gasteiger partial charge in [-0.05, 0) is 18.6 Å². The van der Waals surface area contributed by atoms with E-state index in [0.29, 0.717) is 18.4 Å². The molecule has 3 rings (SSSR count). The quantitative estimate of drug-likeness (QED) is 0.887. The zero-order chi connectivity index (χ0) is 16.9. The zero-order valence-corrected chi connectivity index (χ0v) is 15.8. The van der Waals surface area contributed by atoms with Crippen LogP contribution in [0.5, 0.6) is 0 Å². The number of hydrogen-bond acceptors (Lipinski definition) is 4. The zero-order valence-electron chi connectivity index (χ0n) is 14.2. The number of carbonyl (C=O) groups is 1. The smallest absolute Gasteiger partial charge is 0.224 e. The molecular formula is C18H26ClN3OS. The molecule has 0 bridgehead atoms. The van der Waals surface area contributed by atoms with Gasteiger partial charge in [0.05, 0.1) is 0 Å². The van der Waals surface area contributed by atoms with Gasteiger partial charge in [0.25, 0.3) is 0 Å². The first-order chi connectivity index (χ1) is 11.6. The Kier molecular flexibility index (Phi) is 6.44. The SMILES string of the molecule is CC(c1ccccc1Cl)N1CCN(C(=O)CC2CSCCN2)CC1. The van der Waals surface area contributed by atoms with E-state index >= 15 is 0 Å². The molecule has 1 aromatic carbocycles. The van der Waals surface area contributed by atoms with E-state index in [1.54, 1.807) is 0 Å². The van der Waals surface area contributed by atoms with Gasteiger partial charge in [-0.25, -0.2) is 0 Å². The van der Waals surface area contributed by atoms with Gasteiger partial charge in [-0.2, -0.15) is 11.8 Å². The number of carbonyl (C=O) groups excluding carboxylic acids is 1. The lowest BCUT2D eigenvalue weighted by atomic mass is 10.1. The van der Waals surface area contributed by atoms with E-state index in [4.69, 9.17) is 11.6 Å². The summed E-state index contributed by atoms with van der Waals surface area (Å²) < 4.78 is 0.